The number of carbonyl (C=O) groups is 1. The van der Waals surface area contributed by atoms with Crippen molar-refractivity contribution in [2.75, 3.05) is 31.1 Å². The standard InChI is InChI=1S/C20H21ClN6O2/c1-13(19-24-25-20(29-19)14-4-2-5-15(21)12-14)26-8-10-27(11-9-26)18-16(17(22)28)6-3-7-23-18/h2-7,12-13H,8-11H2,1H3,(H2,22,28). The molecule has 8 nitrogen and oxygen atoms in total. The molecule has 9 heteroatoms. The van der Waals surface area contributed by atoms with Gasteiger partial charge in [-0.05, 0) is 37.3 Å². The topological polar surface area (TPSA) is 101 Å². The van der Waals surface area contributed by atoms with Crippen molar-refractivity contribution in [1.82, 2.24) is 20.1 Å². The van der Waals surface area contributed by atoms with Gasteiger partial charge in [0.25, 0.3) is 5.91 Å². The van der Waals surface area contributed by atoms with E-state index in [4.69, 9.17) is 21.8 Å². The molecule has 3 aromatic rings. The Morgan fingerprint density at radius 3 is 2.69 bits per heavy atom. The molecule has 0 saturated carbocycles. The van der Waals surface area contributed by atoms with Crippen LogP contribution < -0.4 is 10.6 Å². The second-order valence-electron chi connectivity index (χ2n) is 6.89. The van der Waals surface area contributed by atoms with E-state index >= 15 is 0 Å². The van der Waals surface area contributed by atoms with Gasteiger partial charge in [-0.15, -0.1) is 10.2 Å². The van der Waals surface area contributed by atoms with Gasteiger partial charge in [0.15, 0.2) is 0 Å². The normalized spacial score (nSPS) is 16.0. The average Bonchev–Trinajstić information content (AvgIpc) is 3.24. The molecule has 29 heavy (non-hydrogen) atoms. The van der Waals surface area contributed by atoms with Gasteiger partial charge < -0.3 is 15.1 Å². The fraction of sp³-hybridized carbons (Fsp3) is 0.300. The third-order valence-corrected chi connectivity index (χ3v) is 5.32. The zero-order chi connectivity index (χ0) is 20.4. The summed E-state index contributed by atoms with van der Waals surface area (Å²) >= 11 is 6.04. The second kappa shape index (κ2) is 8.18. The van der Waals surface area contributed by atoms with Crippen molar-refractivity contribution >= 4 is 23.3 Å². The Morgan fingerprint density at radius 1 is 1.17 bits per heavy atom. The van der Waals surface area contributed by atoms with Crippen molar-refractivity contribution in [3.8, 4) is 11.5 Å². The molecule has 0 bridgehead atoms. The molecule has 1 atom stereocenters. The molecule has 2 N–H and O–H groups in total. The lowest BCUT2D eigenvalue weighted by molar-refractivity contribution is 0.1000. The first kappa shape index (κ1) is 19.4. The van der Waals surface area contributed by atoms with Crippen LogP contribution in [0.15, 0.2) is 47.0 Å². The molecule has 0 aliphatic carbocycles. The monoisotopic (exact) mass is 412 g/mol. The van der Waals surface area contributed by atoms with Gasteiger partial charge in [-0.3, -0.25) is 9.69 Å². The smallest absolute Gasteiger partial charge is 0.252 e. The summed E-state index contributed by atoms with van der Waals surface area (Å²) in [6.45, 7) is 5.02. The van der Waals surface area contributed by atoms with E-state index < -0.39 is 5.91 Å². The molecule has 0 radical (unpaired) electrons. The minimum absolute atomic E-state index is 0.0306. The molecular weight excluding hydrogens is 392 g/mol. The molecule has 1 aliphatic heterocycles. The highest BCUT2D eigenvalue weighted by Gasteiger charge is 2.27. The molecule has 1 unspecified atom stereocenters. The first-order valence-electron chi connectivity index (χ1n) is 9.36. The molecule has 150 valence electrons. The Kier molecular flexibility index (Phi) is 5.46. The number of hydrogen-bond acceptors (Lipinski definition) is 7. The van der Waals surface area contributed by atoms with Crippen molar-refractivity contribution in [3.05, 3.63) is 59.1 Å². The van der Waals surface area contributed by atoms with Crippen molar-refractivity contribution in [3.63, 3.8) is 0 Å². The summed E-state index contributed by atoms with van der Waals surface area (Å²) < 4.78 is 5.89. The Labute approximate surface area is 173 Å². The molecule has 4 rings (SSSR count). The number of nitrogens with zero attached hydrogens (tertiary/aromatic N) is 5. The molecule has 2 aromatic heterocycles. The zero-order valence-corrected chi connectivity index (χ0v) is 16.7. The maximum atomic E-state index is 11.7. The van der Waals surface area contributed by atoms with Crippen LogP contribution in [0.4, 0.5) is 5.82 Å². The maximum Gasteiger partial charge on any atom is 0.252 e. The molecule has 0 spiro atoms. The highest BCUT2D eigenvalue weighted by atomic mass is 35.5. The van der Waals surface area contributed by atoms with Crippen LogP contribution in [0.2, 0.25) is 5.02 Å². The number of halogens is 1. The molecule has 1 aromatic carbocycles. The number of anilines is 1. The van der Waals surface area contributed by atoms with E-state index in [1.54, 1.807) is 30.5 Å². The third-order valence-electron chi connectivity index (χ3n) is 5.08. The average molecular weight is 413 g/mol. The summed E-state index contributed by atoms with van der Waals surface area (Å²) in [6, 6.07) is 10.7. The van der Waals surface area contributed by atoms with Gasteiger partial charge in [-0.2, -0.15) is 0 Å². The predicted molar refractivity (Wildman–Crippen MR) is 110 cm³/mol. The summed E-state index contributed by atoms with van der Waals surface area (Å²) in [7, 11) is 0. The van der Waals surface area contributed by atoms with Crippen LogP contribution in [0.1, 0.15) is 29.2 Å². The Morgan fingerprint density at radius 2 is 1.97 bits per heavy atom. The maximum absolute atomic E-state index is 11.7. The summed E-state index contributed by atoms with van der Waals surface area (Å²) in [5.41, 5.74) is 6.72. The zero-order valence-electron chi connectivity index (χ0n) is 16.0. The number of piperazine rings is 1. The first-order valence-corrected chi connectivity index (χ1v) is 9.74. The lowest BCUT2D eigenvalue weighted by atomic mass is 10.2. The SMILES string of the molecule is CC(c1nnc(-c2cccc(Cl)c2)o1)N1CCN(c2ncccc2C(N)=O)CC1. The number of hydrogen-bond donors (Lipinski definition) is 1. The predicted octanol–water partition coefficient (Wildman–Crippen LogP) is 2.77. The van der Waals surface area contributed by atoms with Gasteiger partial charge in [0.1, 0.15) is 5.82 Å². The number of primary amides is 1. The van der Waals surface area contributed by atoms with Crippen LogP contribution in [0.3, 0.4) is 0 Å². The number of pyridine rings is 1. The van der Waals surface area contributed by atoms with E-state index in [-0.39, 0.29) is 6.04 Å². The Bertz CT molecular complexity index is 1020. The summed E-state index contributed by atoms with van der Waals surface area (Å²) in [4.78, 5) is 20.4. The molecular formula is C20H21ClN6O2. The van der Waals surface area contributed by atoms with E-state index in [0.29, 0.717) is 28.2 Å². The number of carbonyl (C=O) groups excluding carboxylic acids is 1. The first-order chi connectivity index (χ1) is 14.0. The number of amides is 1. The van der Waals surface area contributed by atoms with Crippen LogP contribution in [0, 0.1) is 0 Å². The van der Waals surface area contributed by atoms with Crippen molar-refractivity contribution < 1.29 is 9.21 Å². The number of rotatable bonds is 5. The lowest BCUT2D eigenvalue weighted by Crippen LogP contribution is -2.48. The van der Waals surface area contributed by atoms with Crippen LogP contribution >= 0.6 is 11.6 Å². The highest BCUT2D eigenvalue weighted by Crippen LogP contribution is 2.27. The van der Waals surface area contributed by atoms with Crippen LogP contribution in [-0.2, 0) is 0 Å². The molecule has 1 saturated heterocycles. The number of benzene rings is 1. The minimum Gasteiger partial charge on any atom is -0.419 e. The highest BCUT2D eigenvalue weighted by molar-refractivity contribution is 6.30. The number of aromatic nitrogens is 3. The second-order valence-corrected chi connectivity index (χ2v) is 7.33. The fourth-order valence-electron chi connectivity index (χ4n) is 3.46. The van der Waals surface area contributed by atoms with Gasteiger partial charge in [-0.25, -0.2) is 4.98 Å². The minimum atomic E-state index is -0.469. The summed E-state index contributed by atoms with van der Waals surface area (Å²) in [6.07, 6.45) is 1.67. The lowest BCUT2D eigenvalue weighted by Gasteiger charge is -2.37. The molecule has 3 heterocycles. The summed E-state index contributed by atoms with van der Waals surface area (Å²) in [5, 5.41) is 9.01. The van der Waals surface area contributed by atoms with E-state index in [1.807, 2.05) is 19.1 Å². The third kappa shape index (κ3) is 4.08. The van der Waals surface area contributed by atoms with Gasteiger partial charge in [0.2, 0.25) is 11.8 Å². The number of nitrogens with two attached hydrogens (primary N) is 1. The van der Waals surface area contributed by atoms with Gasteiger partial charge >= 0.3 is 0 Å². The van der Waals surface area contributed by atoms with Crippen LogP contribution in [-0.4, -0.2) is 52.2 Å². The molecule has 1 amide bonds. The van der Waals surface area contributed by atoms with Crippen molar-refractivity contribution in [1.29, 1.82) is 0 Å². The van der Waals surface area contributed by atoms with Crippen LogP contribution in [0.5, 0.6) is 0 Å². The van der Waals surface area contributed by atoms with Crippen molar-refractivity contribution in [2.24, 2.45) is 5.73 Å². The molecule has 1 aliphatic rings. The quantitative estimate of drug-likeness (QED) is 0.687. The fourth-order valence-corrected chi connectivity index (χ4v) is 3.65. The molecule has 1 fully saturated rings. The Balaban J connectivity index is 1.44. The van der Waals surface area contributed by atoms with E-state index in [1.165, 1.54) is 0 Å². The van der Waals surface area contributed by atoms with E-state index in [2.05, 4.69) is 25.0 Å². The summed E-state index contributed by atoms with van der Waals surface area (Å²) in [5.74, 6) is 1.17. The largest absolute Gasteiger partial charge is 0.419 e. The van der Waals surface area contributed by atoms with Crippen LogP contribution in [0.25, 0.3) is 11.5 Å². The van der Waals surface area contributed by atoms with E-state index in [0.717, 1.165) is 31.7 Å². The van der Waals surface area contributed by atoms with E-state index in [9.17, 15) is 4.79 Å². The van der Waals surface area contributed by atoms with Crippen molar-refractivity contribution in [2.45, 2.75) is 13.0 Å². The van der Waals surface area contributed by atoms with Gasteiger partial charge in [0.05, 0.1) is 11.6 Å². The van der Waals surface area contributed by atoms with Gasteiger partial charge in [-0.1, -0.05) is 17.7 Å². The van der Waals surface area contributed by atoms with Gasteiger partial charge in [0, 0.05) is 43.0 Å². The Hall–Kier alpha value is -2.97.